The molecule has 0 unspecified atom stereocenters. The number of carbonyl (C=O) groups excluding carboxylic acids is 1. The standard InChI is InChI=1S/C18H18N4OS2/c1-24-16-6-7-19-15(22-16)9-13-5-3-4-12(18(13)23)8-14-10-17(25-2)21-11-20-14/h6-11H,3-5H2,1-2H3/b12-8-,13-9-. The molecule has 2 aromatic heterocycles. The number of thioether (sulfide) groups is 2. The van der Waals surface area contributed by atoms with E-state index in [0.29, 0.717) is 5.82 Å². The first-order valence-corrected chi connectivity index (χ1v) is 10.3. The summed E-state index contributed by atoms with van der Waals surface area (Å²) in [6.07, 6.45) is 13.3. The first-order chi connectivity index (χ1) is 12.2. The van der Waals surface area contributed by atoms with Crippen molar-refractivity contribution in [3.8, 4) is 0 Å². The molecule has 7 heteroatoms. The second-order valence-electron chi connectivity index (χ2n) is 5.46. The van der Waals surface area contributed by atoms with Crippen molar-refractivity contribution in [1.82, 2.24) is 19.9 Å². The minimum absolute atomic E-state index is 0.0636. The Kier molecular flexibility index (Phi) is 5.99. The van der Waals surface area contributed by atoms with Crippen LogP contribution in [-0.2, 0) is 4.79 Å². The number of aromatic nitrogens is 4. The lowest BCUT2D eigenvalue weighted by Gasteiger charge is -2.16. The van der Waals surface area contributed by atoms with Gasteiger partial charge in [-0.05, 0) is 56.1 Å². The van der Waals surface area contributed by atoms with E-state index in [9.17, 15) is 4.79 Å². The van der Waals surface area contributed by atoms with Crippen LogP contribution in [-0.4, -0.2) is 38.2 Å². The minimum atomic E-state index is 0.0636. The summed E-state index contributed by atoms with van der Waals surface area (Å²) >= 11 is 3.12. The van der Waals surface area contributed by atoms with Crippen molar-refractivity contribution in [1.29, 1.82) is 0 Å². The van der Waals surface area contributed by atoms with Crippen LogP contribution in [0.3, 0.4) is 0 Å². The van der Waals surface area contributed by atoms with Crippen LogP contribution >= 0.6 is 23.5 Å². The summed E-state index contributed by atoms with van der Waals surface area (Å²) in [6.45, 7) is 0. The van der Waals surface area contributed by atoms with Crippen LogP contribution in [0.1, 0.15) is 30.8 Å². The van der Waals surface area contributed by atoms with Gasteiger partial charge >= 0.3 is 0 Å². The highest BCUT2D eigenvalue weighted by Crippen LogP contribution is 2.27. The molecule has 0 amide bonds. The van der Waals surface area contributed by atoms with Crippen molar-refractivity contribution >= 4 is 41.5 Å². The predicted molar refractivity (Wildman–Crippen MR) is 102 cm³/mol. The zero-order chi connectivity index (χ0) is 17.6. The third-order valence-electron chi connectivity index (χ3n) is 3.83. The number of rotatable bonds is 4. The van der Waals surface area contributed by atoms with Gasteiger partial charge in [0.2, 0.25) is 0 Å². The Labute approximate surface area is 155 Å². The summed E-state index contributed by atoms with van der Waals surface area (Å²) in [5.74, 6) is 0.650. The van der Waals surface area contributed by atoms with Crippen molar-refractivity contribution in [2.75, 3.05) is 12.5 Å². The molecule has 2 aromatic rings. The maximum absolute atomic E-state index is 12.8. The van der Waals surface area contributed by atoms with E-state index < -0.39 is 0 Å². The summed E-state index contributed by atoms with van der Waals surface area (Å²) in [5, 5.41) is 1.79. The van der Waals surface area contributed by atoms with Gasteiger partial charge < -0.3 is 0 Å². The average molecular weight is 371 g/mol. The number of ketones is 1. The van der Waals surface area contributed by atoms with E-state index in [0.717, 1.165) is 46.2 Å². The van der Waals surface area contributed by atoms with Gasteiger partial charge in [-0.3, -0.25) is 4.79 Å². The lowest BCUT2D eigenvalue weighted by Crippen LogP contribution is -2.12. The molecule has 2 heterocycles. The Bertz CT molecular complexity index is 781. The number of hydrogen-bond donors (Lipinski definition) is 0. The summed E-state index contributed by atoms with van der Waals surface area (Å²) in [5.41, 5.74) is 2.31. The summed E-state index contributed by atoms with van der Waals surface area (Å²) < 4.78 is 0. The molecule has 128 valence electrons. The van der Waals surface area contributed by atoms with Gasteiger partial charge in [0.05, 0.1) is 15.7 Å². The molecule has 1 aliphatic carbocycles. The fourth-order valence-corrected chi connectivity index (χ4v) is 3.37. The monoisotopic (exact) mass is 370 g/mol. The first-order valence-electron chi connectivity index (χ1n) is 7.88. The van der Waals surface area contributed by atoms with E-state index in [4.69, 9.17) is 0 Å². The quantitative estimate of drug-likeness (QED) is 0.459. The Balaban J connectivity index is 1.87. The molecule has 3 rings (SSSR count). The van der Waals surface area contributed by atoms with Crippen LogP contribution < -0.4 is 0 Å². The molecule has 5 nitrogen and oxygen atoms in total. The van der Waals surface area contributed by atoms with Gasteiger partial charge in [-0.1, -0.05) is 0 Å². The van der Waals surface area contributed by atoms with Crippen molar-refractivity contribution in [2.24, 2.45) is 0 Å². The van der Waals surface area contributed by atoms with Crippen LogP contribution in [0.5, 0.6) is 0 Å². The molecule has 1 fully saturated rings. The zero-order valence-corrected chi connectivity index (χ0v) is 15.7. The number of Topliss-reactive ketones (excluding diaryl/α,β-unsaturated/α-hetero) is 1. The van der Waals surface area contributed by atoms with Gasteiger partial charge in [-0.25, -0.2) is 19.9 Å². The molecule has 0 aromatic carbocycles. The van der Waals surface area contributed by atoms with Crippen LogP contribution in [0.4, 0.5) is 0 Å². The van der Waals surface area contributed by atoms with Gasteiger partial charge in [-0.2, -0.15) is 0 Å². The highest BCUT2D eigenvalue weighted by atomic mass is 32.2. The molecule has 0 atom stereocenters. The Morgan fingerprint density at radius 1 is 1.00 bits per heavy atom. The number of nitrogens with zero attached hydrogens (tertiary/aromatic N) is 4. The lowest BCUT2D eigenvalue weighted by atomic mass is 9.88. The van der Waals surface area contributed by atoms with Crippen molar-refractivity contribution in [3.05, 3.63) is 47.3 Å². The van der Waals surface area contributed by atoms with Gasteiger partial charge in [0.1, 0.15) is 6.33 Å². The summed E-state index contributed by atoms with van der Waals surface area (Å²) in [7, 11) is 0. The topological polar surface area (TPSA) is 68.6 Å². The molecule has 1 saturated carbocycles. The molecule has 0 aliphatic heterocycles. The van der Waals surface area contributed by atoms with E-state index >= 15 is 0 Å². The molecule has 1 aliphatic rings. The largest absolute Gasteiger partial charge is 0.289 e. The summed E-state index contributed by atoms with van der Waals surface area (Å²) in [6, 6.07) is 3.76. The molecule has 0 radical (unpaired) electrons. The van der Waals surface area contributed by atoms with Gasteiger partial charge in [0.15, 0.2) is 11.6 Å². The van der Waals surface area contributed by atoms with Crippen molar-refractivity contribution < 1.29 is 4.79 Å². The number of carbonyl (C=O) groups is 1. The van der Waals surface area contributed by atoms with E-state index in [-0.39, 0.29) is 5.78 Å². The van der Waals surface area contributed by atoms with E-state index in [2.05, 4.69) is 19.9 Å². The third kappa shape index (κ3) is 4.55. The van der Waals surface area contributed by atoms with E-state index in [1.54, 1.807) is 29.7 Å². The third-order valence-corrected chi connectivity index (χ3v) is 5.12. The molecule has 0 N–H and O–H groups in total. The zero-order valence-electron chi connectivity index (χ0n) is 14.1. The lowest BCUT2D eigenvalue weighted by molar-refractivity contribution is -0.112. The number of hydrogen-bond acceptors (Lipinski definition) is 7. The molecule has 0 spiro atoms. The van der Waals surface area contributed by atoms with E-state index in [1.807, 2.05) is 36.8 Å². The first kappa shape index (κ1) is 17.8. The van der Waals surface area contributed by atoms with Gasteiger partial charge in [-0.15, -0.1) is 23.5 Å². The average Bonchev–Trinajstić information content (AvgIpc) is 2.65. The van der Waals surface area contributed by atoms with Gasteiger partial charge in [0, 0.05) is 17.3 Å². The fourth-order valence-electron chi connectivity index (χ4n) is 2.60. The van der Waals surface area contributed by atoms with Crippen LogP contribution in [0.25, 0.3) is 12.2 Å². The molecular formula is C18H18N4OS2. The highest BCUT2D eigenvalue weighted by molar-refractivity contribution is 7.98. The maximum atomic E-state index is 12.8. The van der Waals surface area contributed by atoms with Crippen molar-refractivity contribution in [2.45, 2.75) is 29.3 Å². The smallest absolute Gasteiger partial charge is 0.185 e. The highest BCUT2D eigenvalue weighted by Gasteiger charge is 2.21. The molecule has 25 heavy (non-hydrogen) atoms. The normalized spacial score (nSPS) is 18.1. The minimum Gasteiger partial charge on any atom is -0.289 e. The molecule has 0 saturated heterocycles. The molecular weight excluding hydrogens is 352 g/mol. The number of allylic oxidation sites excluding steroid dienone is 2. The van der Waals surface area contributed by atoms with Crippen LogP contribution in [0, 0.1) is 0 Å². The predicted octanol–water partition coefficient (Wildman–Crippen LogP) is 3.93. The van der Waals surface area contributed by atoms with Gasteiger partial charge in [0.25, 0.3) is 0 Å². The second kappa shape index (κ2) is 8.40. The van der Waals surface area contributed by atoms with Crippen molar-refractivity contribution in [3.63, 3.8) is 0 Å². The summed E-state index contributed by atoms with van der Waals surface area (Å²) in [4.78, 5) is 29.9. The fraction of sp³-hybridized carbons (Fsp3) is 0.278. The van der Waals surface area contributed by atoms with Crippen LogP contribution in [0.2, 0.25) is 0 Å². The van der Waals surface area contributed by atoms with E-state index in [1.165, 1.54) is 6.33 Å². The maximum Gasteiger partial charge on any atom is 0.185 e. The molecule has 0 bridgehead atoms. The van der Waals surface area contributed by atoms with Crippen LogP contribution in [0.15, 0.2) is 45.9 Å². The second-order valence-corrected chi connectivity index (χ2v) is 7.12. The Hall–Kier alpha value is -1.99. The SMILES string of the molecule is CSc1cc(/C=C2/CCC/C(=C/c3nccc(SC)n3)C2=O)ncn1. The Morgan fingerprint density at radius 3 is 2.52 bits per heavy atom. The Morgan fingerprint density at radius 2 is 1.76 bits per heavy atom.